The first-order valence-electron chi connectivity index (χ1n) is 3.23. The minimum atomic E-state index is -3.31. The van der Waals surface area contributed by atoms with E-state index in [1.807, 2.05) is 0 Å². The fraction of sp³-hybridized carbons (Fsp3) is 0.125. The van der Waals surface area contributed by atoms with Crippen molar-refractivity contribution in [2.24, 2.45) is 0 Å². The summed E-state index contributed by atoms with van der Waals surface area (Å²) in [6.07, 6.45) is 2.63. The Labute approximate surface area is 70.9 Å². The molecule has 4 heteroatoms. The average molecular weight is 183 g/mol. The predicted molar refractivity (Wildman–Crippen MR) is 44.3 cm³/mol. The third kappa shape index (κ3) is 1.71. The van der Waals surface area contributed by atoms with E-state index in [1.165, 1.54) is 12.1 Å². The van der Waals surface area contributed by atoms with E-state index in [9.17, 15) is 13.2 Å². The van der Waals surface area contributed by atoms with Crippen molar-refractivity contribution in [3.63, 3.8) is 0 Å². The van der Waals surface area contributed by atoms with Crippen LogP contribution in [0.15, 0.2) is 29.2 Å². The summed E-state index contributed by atoms with van der Waals surface area (Å²) in [6, 6.07) is 5.96. The van der Waals surface area contributed by atoms with Crippen LogP contribution in [0.4, 0.5) is 0 Å². The van der Waals surface area contributed by atoms with Gasteiger partial charge in [0.15, 0.2) is 9.84 Å². The van der Waals surface area contributed by atoms with Crippen LogP contribution in [0.3, 0.4) is 0 Å². The third-order valence-corrected chi connectivity index (χ3v) is 2.55. The number of benzene rings is 1. The first-order chi connectivity index (χ1) is 5.55. The van der Waals surface area contributed by atoms with E-state index in [-0.39, 0.29) is 10.5 Å². The lowest BCUT2D eigenvalue weighted by Gasteiger charge is -1.98. The molecule has 1 rings (SSSR count). The van der Waals surface area contributed by atoms with Crippen LogP contribution in [0, 0.1) is 0 Å². The third-order valence-electron chi connectivity index (χ3n) is 1.40. The zero-order chi connectivity index (χ0) is 9.19. The molecule has 0 spiro atoms. The molecule has 0 heterocycles. The van der Waals surface area contributed by atoms with Gasteiger partial charge >= 0.3 is 0 Å². The molecule has 63 valence electrons. The summed E-state index contributed by atoms with van der Waals surface area (Å²) in [5, 5.41) is 0. The molecule has 0 aliphatic carbocycles. The Morgan fingerprint density at radius 1 is 1.25 bits per heavy atom. The first-order valence-corrected chi connectivity index (χ1v) is 5.12. The molecule has 0 fully saturated rings. The van der Waals surface area contributed by atoms with E-state index < -0.39 is 9.84 Å². The van der Waals surface area contributed by atoms with Crippen LogP contribution in [0.1, 0.15) is 5.56 Å². The van der Waals surface area contributed by atoms with Gasteiger partial charge in [0, 0.05) is 11.8 Å². The molecule has 0 aliphatic heterocycles. The maximum atomic E-state index is 11.0. The van der Waals surface area contributed by atoms with Gasteiger partial charge in [-0.15, -0.1) is 0 Å². The zero-order valence-electron chi connectivity index (χ0n) is 6.44. The van der Waals surface area contributed by atoms with Gasteiger partial charge in [-0.3, -0.25) is 4.79 Å². The molecule has 1 aromatic rings. The smallest absolute Gasteiger partial charge is 0.234 e. The number of sulfone groups is 1. The van der Waals surface area contributed by atoms with Crippen LogP contribution >= 0.6 is 0 Å². The largest absolute Gasteiger partial charge is 0.285 e. The molecule has 0 saturated heterocycles. The number of rotatable bonds is 2. The second-order valence-electron chi connectivity index (χ2n) is 2.37. The summed E-state index contributed by atoms with van der Waals surface area (Å²) < 4.78 is 22.1. The molecule has 0 amide bonds. The van der Waals surface area contributed by atoms with Gasteiger partial charge < -0.3 is 0 Å². The van der Waals surface area contributed by atoms with Gasteiger partial charge in [-0.25, -0.2) is 8.42 Å². The molecular formula is C8H7O3S. The quantitative estimate of drug-likeness (QED) is 0.672. The molecule has 0 atom stereocenters. The van der Waals surface area contributed by atoms with Crippen LogP contribution in [0.25, 0.3) is 0 Å². The molecule has 3 nitrogen and oxygen atoms in total. The van der Waals surface area contributed by atoms with Crippen LogP contribution in [-0.4, -0.2) is 21.0 Å². The minimum absolute atomic E-state index is 0.0278. The van der Waals surface area contributed by atoms with Crippen molar-refractivity contribution in [1.82, 2.24) is 0 Å². The zero-order valence-corrected chi connectivity index (χ0v) is 7.26. The van der Waals surface area contributed by atoms with Crippen LogP contribution < -0.4 is 0 Å². The monoisotopic (exact) mass is 183 g/mol. The van der Waals surface area contributed by atoms with Crippen molar-refractivity contribution in [2.45, 2.75) is 4.90 Å². The Kier molecular flexibility index (Phi) is 2.28. The van der Waals surface area contributed by atoms with E-state index >= 15 is 0 Å². The lowest BCUT2D eigenvalue weighted by Crippen LogP contribution is -2.01. The molecule has 0 aromatic heterocycles. The van der Waals surface area contributed by atoms with Crippen molar-refractivity contribution in [1.29, 1.82) is 0 Å². The minimum Gasteiger partial charge on any atom is -0.285 e. The molecule has 0 N–H and O–H groups in total. The van der Waals surface area contributed by atoms with Gasteiger partial charge in [0.1, 0.15) is 0 Å². The van der Waals surface area contributed by atoms with Crippen LogP contribution in [0.5, 0.6) is 0 Å². The summed E-state index contributed by atoms with van der Waals surface area (Å²) in [5.74, 6) is 0. The highest BCUT2D eigenvalue weighted by atomic mass is 32.2. The van der Waals surface area contributed by atoms with E-state index in [0.29, 0.717) is 0 Å². The van der Waals surface area contributed by atoms with E-state index in [4.69, 9.17) is 0 Å². The predicted octanol–water partition coefficient (Wildman–Crippen LogP) is 0.548. The number of hydrogen-bond acceptors (Lipinski definition) is 3. The van der Waals surface area contributed by atoms with Gasteiger partial charge in [0.25, 0.3) is 0 Å². The Bertz CT molecular complexity index is 393. The molecule has 1 aromatic carbocycles. The first kappa shape index (κ1) is 8.93. The molecule has 0 saturated carbocycles. The normalized spacial score (nSPS) is 11.1. The highest BCUT2D eigenvalue weighted by Crippen LogP contribution is 2.12. The Morgan fingerprint density at radius 3 is 2.25 bits per heavy atom. The Hall–Kier alpha value is -1.16. The van der Waals surface area contributed by atoms with Crippen molar-refractivity contribution in [3.05, 3.63) is 29.8 Å². The van der Waals surface area contributed by atoms with Crippen molar-refractivity contribution in [2.75, 3.05) is 6.26 Å². The Balaban J connectivity index is 3.43. The van der Waals surface area contributed by atoms with E-state index in [1.54, 1.807) is 18.4 Å². The summed E-state index contributed by atoms with van der Waals surface area (Å²) in [5.41, 5.74) is 0.0833. The summed E-state index contributed by atoms with van der Waals surface area (Å²) in [4.78, 5) is 10.3. The summed E-state index contributed by atoms with van der Waals surface area (Å²) >= 11 is 0. The fourth-order valence-corrected chi connectivity index (χ4v) is 1.71. The number of carbonyl (C=O) groups excluding carboxylic acids is 1. The number of hydrogen-bond donors (Lipinski definition) is 0. The van der Waals surface area contributed by atoms with Crippen molar-refractivity contribution < 1.29 is 13.2 Å². The standard InChI is InChI=1S/C8H7O3S/c1-12(10,11)8-5-3-2-4-7(8)6-9/h2-5H,1H3. The molecule has 0 unspecified atom stereocenters. The maximum Gasteiger partial charge on any atom is 0.234 e. The topological polar surface area (TPSA) is 51.2 Å². The second kappa shape index (κ2) is 3.06. The molecule has 12 heavy (non-hydrogen) atoms. The van der Waals surface area contributed by atoms with Crippen molar-refractivity contribution in [3.8, 4) is 0 Å². The van der Waals surface area contributed by atoms with Gasteiger partial charge in [-0.05, 0) is 12.1 Å². The van der Waals surface area contributed by atoms with E-state index in [2.05, 4.69) is 0 Å². The van der Waals surface area contributed by atoms with Crippen LogP contribution in [-0.2, 0) is 14.6 Å². The summed E-state index contributed by atoms with van der Waals surface area (Å²) in [7, 11) is -3.31. The lowest BCUT2D eigenvalue weighted by atomic mass is 10.2. The van der Waals surface area contributed by atoms with Gasteiger partial charge in [0.05, 0.1) is 4.90 Å². The van der Waals surface area contributed by atoms with Crippen molar-refractivity contribution >= 4 is 16.1 Å². The average Bonchev–Trinajstić information content (AvgIpc) is 2.03. The summed E-state index contributed by atoms with van der Waals surface area (Å²) in [6.45, 7) is 0. The van der Waals surface area contributed by atoms with Gasteiger partial charge in [-0.1, -0.05) is 12.1 Å². The highest BCUT2D eigenvalue weighted by Gasteiger charge is 2.11. The van der Waals surface area contributed by atoms with Crippen LogP contribution in [0.2, 0.25) is 0 Å². The molecule has 0 aliphatic rings. The van der Waals surface area contributed by atoms with Gasteiger partial charge in [0.2, 0.25) is 6.29 Å². The fourth-order valence-electron chi connectivity index (χ4n) is 0.874. The maximum absolute atomic E-state index is 11.0. The molecule has 1 radical (unpaired) electrons. The van der Waals surface area contributed by atoms with Gasteiger partial charge in [-0.2, -0.15) is 0 Å². The SMILES string of the molecule is CS(=O)(=O)c1ccccc1[C]=O. The Morgan fingerprint density at radius 2 is 1.83 bits per heavy atom. The highest BCUT2D eigenvalue weighted by molar-refractivity contribution is 7.90. The molecule has 0 bridgehead atoms. The molecular weight excluding hydrogens is 176 g/mol. The lowest BCUT2D eigenvalue weighted by molar-refractivity contribution is 0.561. The van der Waals surface area contributed by atoms with E-state index in [0.717, 1.165) is 6.26 Å². The second-order valence-corrected chi connectivity index (χ2v) is 4.35.